The van der Waals surface area contributed by atoms with Crippen LogP contribution in [0, 0.1) is 13.8 Å². The van der Waals surface area contributed by atoms with Crippen LogP contribution in [0.2, 0.25) is 5.02 Å². The molecular weight excluding hydrogens is 296 g/mol. The van der Waals surface area contributed by atoms with E-state index in [4.69, 9.17) is 16.0 Å². The zero-order valence-corrected chi connectivity index (χ0v) is 13.1. The van der Waals surface area contributed by atoms with Gasteiger partial charge in [0.2, 0.25) is 0 Å². The van der Waals surface area contributed by atoms with E-state index in [0.717, 1.165) is 16.7 Å². The maximum absolute atomic E-state index is 12.3. The molecule has 0 fully saturated rings. The van der Waals surface area contributed by atoms with Crippen molar-refractivity contribution in [1.82, 2.24) is 0 Å². The second-order valence-corrected chi connectivity index (χ2v) is 5.64. The monoisotopic (exact) mass is 310 g/mol. The minimum absolute atomic E-state index is 0.0756. The zero-order valence-electron chi connectivity index (χ0n) is 12.4. The first-order chi connectivity index (χ1) is 10.6. The Labute approximate surface area is 133 Å². The second kappa shape index (κ2) is 5.82. The first kappa shape index (κ1) is 14.6. The third-order valence-electron chi connectivity index (χ3n) is 3.63. The summed E-state index contributed by atoms with van der Waals surface area (Å²) in [6, 6.07) is 13.2. The molecule has 0 radical (unpaired) electrons. The molecule has 1 heterocycles. The highest BCUT2D eigenvalue weighted by Gasteiger charge is 2.11. The molecule has 0 spiro atoms. The molecule has 3 rings (SSSR count). The van der Waals surface area contributed by atoms with E-state index in [1.807, 2.05) is 56.3 Å². The highest BCUT2D eigenvalue weighted by Crippen LogP contribution is 2.27. The summed E-state index contributed by atoms with van der Waals surface area (Å²) in [4.78, 5) is 12.3. The molecular formula is C19H15ClO2. The Morgan fingerprint density at radius 1 is 1.05 bits per heavy atom. The number of rotatable bonds is 2. The minimum Gasteiger partial charge on any atom is -0.456 e. The fourth-order valence-electron chi connectivity index (χ4n) is 2.49. The normalized spacial score (nSPS) is 11.4. The number of hydrogen-bond donors (Lipinski definition) is 0. The Morgan fingerprint density at radius 3 is 2.50 bits per heavy atom. The Morgan fingerprint density at radius 2 is 1.77 bits per heavy atom. The molecule has 0 aliphatic heterocycles. The van der Waals surface area contributed by atoms with Gasteiger partial charge in [0.1, 0.15) is 11.3 Å². The molecule has 3 aromatic rings. The third kappa shape index (κ3) is 2.70. The number of fused-ring (bicyclic) bond motifs is 1. The van der Waals surface area contributed by atoms with Gasteiger partial charge >= 0.3 is 0 Å². The van der Waals surface area contributed by atoms with Crippen molar-refractivity contribution >= 4 is 34.7 Å². The molecule has 0 saturated carbocycles. The SMILES string of the molecule is Cc1cc2oc(/C=C/c3ccccc3)cc(=O)c2c(C)c1Cl. The average molecular weight is 311 g/mol. The van der Waals surface area contributed by atoms with E-state index in [0.29, 0.717) is 21.8 Å². The molecule has 2 nitrogen and oxygen atoms in total. The maximum Gasteiger partial charge on any atom is 0.193 e. The first-order valence-electron chi connectivity index (χ1n) is 7.03. The lowest BCUT2D eigenvalue weighted by atomic mass is 10.1. The lowest BCUT2D eigenvalue weighted by Gasteiger charge is -2.07. The molecule has 0 N–H and O–H groups in total. The standard InChI is InChI=1S/C19H15ClO2/c1-12-10-17-18(13(2)19(12)20)16(21)11-15(22-17)9-8-14-6-4-3-5-7-14/h3-11H,1-2H3/b9-8+. The fraction of sp³-hybridized carbons (Fsp3) is 0.105. The Hall–Kier alpha value is -2.32. The van der Waals surface area contributed by atoms with Gasteiger partial charge in [0, 0.05) is 11.1 Å². The van der Waals surface area contributed by atoms with Crippen LogP contribution in [0.1, 0.15) is 22.5 Å². The van der Waals surface area contributed by atoms with Crippen LogP contribution in [0.5, 0.6) is 0 Å². The van der Waals surface area contributed by atoms with Crippen LogP contribution in [0.15, 0.2) is 51.7 Å². The van der Waals surface area contributed by atoms with Gasteiger partial charge in [-0.05, 0) is 42.7 Å². The summed E-state index contributed by atoms with van der Waals surface area (Å²) >= 11 is 6.22. The number of benzene rings is 2. The van der Waals surface area contributed by atoms with Gasteiger partial charge in [0.25, 0.3) is 0 Å². The van der Waals surface area contributed by atoms with Gasteiger partial charge in [-0.15, -0.1) is 0 Å². The maximum atomic E-state index is 12.3. The Kier molecular flexibility index (Phi) is 3.86. The summed E-state index contributed by atoms with van der Waals surface area (Å²) in [5, 5.41) is 1.17. The van der Waals surface area contributed by atoms with Gasteiger partial charge in [-0.3, -0.25) is 4.79 Å². The lowest BCUT2D eigenvalue weighted by molar-refractivity contribution is 0.590. The predicted octanol–water partition coefficient (Wildman–Crippen LogP) is 5.23. The molecule has 2 aromatic carbocycles. The van der Waals surface area contributed by atoms with E-state index in [1.54, 1.807) is 6.08 Å². The van der Waals surface area contributed by atoms with Crippen molar-refractivity contribution in [2.45, 2.75) is 13.8 Å². The van der Waals surface area contributed by atoms with Gasteiger partial charge in [0.15, 0.2) is 5.43 Å². The number of halogens is 1. The minimum atomic E-state index is -0.0756. The molecule has 0 aliphatic carbocycles. The first-order valence-corrected chi connectivity index (χ1v) is 7.41. The summed E-state index contributed by atoms with van der Waals surface area (Å²) in [5.74, 6) is 0.530. The lowest BCUT2D eigenvalue weighted by Crippen LogP contribution is -2.03. The smallest absolute Gasteiger partial charge is 0.193 e. The number of hydrogen-bond acceptors (Lipinski definition) is 2. The van der Waals surface area contributed by atoms with Crippen molar-refractivity contribution in [2.24, 2.45) is 0 Å². The second-order valence-electron chi connectivity index (χ2n) is 5.26. The summed E-state index contributed by atoms with van der Waals surface area (Å²) < 4.78 is 5.84. The molecule has 0 unspecified atom stereocenters. The summed E-state index contributed by atoms with van der Waals surface area (Å²) in [7, 11) is 0. The molecule has 0 atom stereocenters. The zero-order chi connectivity index (χ0) is 15.7. The fourth-order valence-corrected chi connectivity index (χ4v) is 2.64. The van der Waals surface area contributed by atoms with Crippen LogP contribution in [-0.4, -0.2) is 0 Å². The van der Waals surface area contributed by atoms with Crippen LogP contribution in [0.4, 0.5) is 0 Å². The Balaban J connectivity index is 2.12. The van der Waals surface area contributed by atoms with Crippen LogP contribution in [-0.2, 0) is 0 Å². The molecule has 0 bridgehead atoms. The van der Waals surface area contributed by atoms with E-state index < -0.39 is 0 Å². The predicted molar refractivity (Wildman–Crippen MR) is 92.3 cm³/mol. The Bertz CT molecular complexity index is 922. The van der Waals surface area contributed by atoms with Crippen molar-refractivity contribution in [2.75, 3.05) is 0 Å². The summed E-state index contributed by atoms with van der Waals surface area (Å²) in [6.07, 6.45) is 3.72. The van der Waals surface area contributed by atoms with Crippen molar-refractivity contribution in [3.05, 3.63) is 80.2 Å². The van der Waals surface area contributed by atoms with Gasteiger partial charge in [-0.2, -0.15) is 0 Å². The van der Waals surface area contributed by atoms with Crippen LogP contribution < -0.4 is 5.43 Å². The van der Waals surface area contributed by atoms with E-state index in [9.17, 15) is 4.79 Å². The van der Waals surface area contributed by atoms with Gasteiger partial charge in [-0.1, -0.05) is 48.0 Å². The van der Waals surface area contributed by atoms with E-state index in [1.165, 1.54) is 6.07 Å². The highest BCUT2D eigenvalue weighted by atomic mass is 35.5. The van der Waals surface area contributed by atoms with Crippen LogP contribution >= 0.6 is 11.6 Å². The molecule has 1 aromatic heterocycles. The molecule has 110 valence electrons. The van der Waals surface area contributed by atoms with Gasteiger partial charge < -0.3 is 4.42 Å². The molecule has 22 heavy (non-hydrogen) atoms. The van der Waals surface area contributed by atoms with Crippen LogP contribution in [0.25, 0.3) is 23.1 Å². The number of aryl methyl sites for hydroxylation is 2. The molecule has 3 heteroatoms. The van der Waals surface area contributed by atoms with Crippen molar-refractivity contribution < 1.29 is 4.42 Å². The van der Waals surface area contributed by atoms with Gasteiger partial charge in [0.05, 0.1) is 5.39 Å². The van der Waals surface area contributed by atoms with E-state index in [2.05, 4.69) is 0 Å². The molecule has 0 amide bonds. The van der Waals surface area contributed by atoms with Gasteiger partial charge in [-0.25, -0.2) is 0 Å². The van der Waals surface area contributed by atoms with E-state index in [-0.39, 0.29) is 5.43 Å². The largest absolute Gasteiger partial charge is 0.456 e. The highest BCUT2D eigenvalue weighted by molar-refractivity contribution is 6.33. The summed E-state index contributed by atoms with van der Waals surface area (Å²) in [6.45, 7) is 3.75. The molecule has 0 saturated heterocycles. The summed E-state index contributed by atoms with van der Waals surface area (Å²) in [5.41, 5.74) is 3.21. The van der Waals surface area contributed by atoms with Crippen molar-refractivity contribution in [3.8, 4) is 0 Å². The van der Waals surface area contributed by atoms with E-state index >= 15 is 0 Å². The quantitative estimate of drug-likeness (QED) is 0.648. The third-order valence-corrected chi connectivity index (χ3v) is 4.21. The van der Waals surface area contributed by atoms with Crippen molar-refractivity contribution in [1.29, 1.82) is 0 Å². The van der Waals surface area contributed by atoms with Crippen LogP contribution in [0.3, 0.4) is 0 Å². The molecule has 0 aliphatic rings. The topological polar surface area (TPSA) is 30.2 Å². The van der Waals surface area contributed by atoms with Crippen molar-refractivity contribution in [3.63, 3.8) is 0 Å². The average Bonchev–Trinajstić information content (AvgIpc) is 2.51.